The Labute approximate surface area is 167 Å². The Kier molecular flexibility index (Phi) is 8.49. The van der Waals surface area contributed by atoms with Crippen molar-refractivity contribution in [2.24, 2.45) is 0 Å². The second-order valence-electron chi connectivity index (χ2n) is 7.20. The van der Waals surface area contributed by atoms with E-state index in [-0.39, 0.29) is 39.9 Å². The summed E-state index contributed by atoms with van der Waals surface area (Å²) in [4.78, 5) is 13.5. The summed E-state index contributed by atoms with van der Waals surface area (Å²) in [7, 11) is 0.336. The van der Waals surface area contributed by atoms with Crippen LogP contribution in [0, 0.1) is 0 Å². The molecule has 10 heteroatoms. The molecule has 0 aromatic heterocycles. The molecule has 1 aliphatic rings. The highest BCUT2D eigenvalue weighted by Gasteiger charge is 2.29. The largest absolute Gasteiger partial charge is 1.00 e. The number of amides is 1. The zero-order valence-corrected chi connectivity index (χ0v) is 17.6. The third-order valence-corrected chi connectivity index (χ3v) is 6.36. The molecule has 2 rings (SSSR count). The summed E-state index contributed by atoms with van der Waals surface area (Å²) in [5, 5.41) is 12.8. The van der Waals surface area contributed by atoms with Crippen molar-refractivity contribution in [2.75, 3.05) is 62.4 Å². The van der Waals surface area contributed by atoms with Gasteiger partial charge in [0.1, 0.15) is 5.69 Å². The number of likely N-dealkylation sites (N-methyl/N-ethyl adjacent to an activating group) is 2. The van der Waals surface area contributed by atoms with Gasteiger partial charge in [-0.15, -0.1) is 4.47 Å². The zero-order valence-electron chi connectivity index (χ0n) is 16.1. The molecule has 0 unspecified atom stereocenters. The maximum absolute atomic E-state index is 12.5. The lowest BCUT2D eigenvalue weighted by molar-refractivity contribution is -0.913. The minimum Gasteiger partial charge on any atom is -1.00 e. The Bertz CT molecular complexity index is 736. The van der Waals surface area contributed by atoms with Crippen LogP contribution in [0.15, 0.2) is 24.3 Å². The maximum Gasteiger partial charge on any atom is 0.257 e. The van der Waals surface area contributed by atoms with Crippen LogP contribution in [0.5, 0.6) is 0 Å². The molecular weight excluding hydrogens is 392 g/mol. The number of carbonyl (C=O) groups excluding carboxylic acids is 1. The van der Waals surface area contributed by atoms with Crippen molar-refractivity contribution in [1.82, 2.24) is 4.90 Å². The normalized spacial score (nSPS) is 17.0. The summed E-state index contributed by atoms with van der Waals surface area (Å²) in [6.07, 6.45) is 0.460. The van der Waals surface area contributed by atoms with Crippen LogP contribution in [0.25, 0.3) is 0 Å². The molecule has 27 heavy (non-hydrogen) atoms. The molecule has 1 saturated heterocycles. The Morgan fingerprint density at radius 3 is 2.48 bits per heavy atom. The van der Waals surface area contributed by atoms with Gasteiger partial charge >= 0.3 is 0 Å². The molecule has 154 valence electrons. The molecule has 0 aliphatic carbocycles. The average molecular weight is 421 g/mol. The van der Waals surface area contributed by atoms with Gasteiger partial charge in [0.05, 0.1) is 38.1 Å². The van der Waals surface area contributed by atoms with Crippen molar-refractivity contribution in [3.05, 3.63) is 24.3 Å². The van der Waals surface area contributed by atoms with Gasteiger partial charge in [0.25, 0.3) is 10.0 Å². The number of hydrogen-bond acceptors (Lipinski definition) is 5. The topological polar surface area (TPSA) is 90.0 Å². The lowest BCUT2D eigenvalue weighted by atomic mass is 10.2. The number of hydrogen-bond donors (Lipinski definition) is 2. The summed E-state index contributed by atoms with van der Waals surface area (Å²) < 4.78 is 26.2. The molecule has 0 spiro atoms. The first-order valence-electron chi connectivity index (χ1n) is 8.74. The van der Waals surface area contributed by atoms with Crippen molar-refractivity contribution in [1.29, 1.82) is 0 Å². The number of rotatable bonds is 7. The number of benzene rings is 1. The summed E-state index contributed by atoms with van der Waals surface area (Å²) >= 11 is 0. The molecule has 2 N–H and O–H groups in total. The van der Waals surface area contributed by atoms with Gasteiger partial charge < -0.3 is 22.2 Å². The molecule has 1 fully saturated rings. The van der Waals surface area contributed by atoms with Crippen LogP contribution >= 0.6 is 0 Å². The van der Waals surface area contributed by atoms with E-state index in [9.17, 15) is 18.4 Å². The Balaban J connectivity index is 0.00000364. The van der Waals surface area contributed by atoms with E-state index in [2.05, 4.69) is 24.3 Å². The van der Waals surface area contributed by atoms with Crippen LogP contribution in [0.1, 0.15) is 13.3 Å². The van der Waals surface area contributed by atoms with Gasteiger partial charge in [-0.3, -0.25) is 14.9 Å². The smallest absolute Gasteiger partial charge is 0.257 e. The van der Waals surface area contributed by atoms with Crippen molar-refractivity contribution < 1.29 is 35.3 Å². The number of nitrogens with one attached hydrogen (secondary N) is 1. The predicted molar refractivity (Wildman–Crippen MR) is 102 cm³/mol. The summed E-state index contributed by atoms with van der Waals surface area (Å²) in [5.74, 6) is -0.488. The van der Waals surface area contributed by atoms with Gasteiger partial charge in [0.2, 0.25) is 5.91 Å². The fourth-order valence-corrected chi connectivity index (χ4v) is 4.20. The first-order valence-corrected chi connectivity index (χ1v) is 10.3. The SMILES string of the molecule is CC(=O)Nc1ccccc1N(O)S(=O)(=O)CCC[N+]1(C)CCN(C)CC1.[Cl-]. The maximum atomic E-state index is 12.5. The van der Waals surface area contributed by atoms with E-state index in [1.165, 1.54) is 13.0 Å². The predicted octanol–water partition coefficient (Wildman–Crippen LogP) is -2.04. The number of sulfonamides is 1. The van der Waals surface area contributed by atoms with Crippen LogP contribution in [0.2, 0.25) is 0 Å². The molecule has 1 heterocycles. The summed E-state index contributed by atoms with van der Waals surface area (Å²) in [6, 6.07) is 6.27. The van der Waals surface area contributed by atoms with Crippen LogP contribution in [0.4, 0.5) is 11.4 Å². The van der Waals surface area contributed by atoms with Crippen molar-refractivity contribution >= 4 is 27.3 Å². The zero-order chi connectivity index (χ0) is 19.4. The van der Waals surface area contributed by atoms with E-state index in [1.807, 2.05) is 0 Å². The van der Waals surface area contributed by atoms with Gasteiger partial charge in [0.15, 0.2) is 0 Å². The van der Waals surface area contributed by atoms with Crippen LogP contribution < -0.4 is 22.2 Å². The first-order chi connectivity index (χ1) is 12.1. The Morgan fingerprint density at radius 1 is 1.30 bits per heavy atom. The number of halogens is 1. The van der Waals surface area contributed by atoms with Crippen molar-refractivity contribution in [3.63, 3.8) is 0 Å². The highest BCUT2D eigenvalue weighted by atomic mass is 35.5. The van der Waals surface area contributed by atoms with E-state index < -0.39 is 10.0 Å². The third kappa shape index (κ3) is 6.62. The van der Waals surface area contributed by atoms with E-state index in [0.29, 0.717) is 6.42 Å². The second-order valence-corrected chi connectivity index (χ2v) is 9.12. The van der Waals surface area contributed by atoms with E-state index in [0.717, 1.165) is 37.2 Å². The van der Waals surface area contributed by atoms with Crippen molar-refractivity contribution in [3.8, 4) is 0 Å². The fraction of sp³-hybridized carbons (Fsp3) is 0.588. The van der Waals surface area contributed by atoms with Crippen LogP contribution in [0.3, 0.4) is 0 Å². The quantitative estimate of drug-likeness (QED) is 0.392. The first kappa shape index (κ1) is 23.6. The molecule has 0 atom stereocenters. The second kappa shape index (κ2) is 9.70. The molecule has 0 radical (unpaired) electrons. The number of para-hydroxylation sites is 2. The molecular formula is C17H29ClN4O4S. The van der Waals surface area contributed by atoms with E-state index in [1.54, 1.807) is 18.2 Å². The number of piperazine rings is 1. The molecule has 8 nitrogen and oxygen atoms in total. The van der Waals surface area contributed by atoms with Gasteiger partial charge in [-0.05, 0) is 19.2 Å². The minimum atomic E-state index is -3.89. The average Bonchev–Trinajstić information content (AvgIpc) is 2.57. The Morgan fingerprint density at radius 2 is 1.89 bits per heavy atom. The highest BCUT2D eigenvalue weighted by Crippen LogP contribution is 2.27. The molecule has 1 aliphatic heterocycles. The molecule has 0 saturated carbocycles. The van der Waals surface area contributed by atoms with E-state index >= 15 is 0 Å². The van der Waals surface area contributed by atoms with Crippen LogP contribution in [-0.4, -0.2) is 81.5 Å². The monoisotopic (exact) mass is 420 g/mol. The lowest BCUT2D eigenvalue weighted by Gasteiger charge is -2.41. The molecule has 1 aromatic rings. The van der Waals surface area contributed by atoms with Gasteiger partial charge in [-0.2, -0.15) is 0 Å². The van der Waals surface area contributed by atoms with Gasteiger partial charge in [-0.1, -0.05) is 12.1 Å². The van der Waals surface area contributed by atoms with Gasteiger partial charge in [0, 0.05) is 26.4 Å². The number of carbonyl (C=O) groups is 1. The Hall–Kier alpha value is -1.39. The fourth-order valence-electron chi connectivity index (χ4n) is 3.07. The summed E-state index contributed by atoms with van der Waals surface area (Å²) in [6.45, 7) is 6.05. The molecule has 1 aromatic carbocycles. The molecule has 1 amide bonds. The molecule has 0 bridgehead atoms. The van der Waals surface area contributed by atoms with E-state index in [4.69, 9.17) is 0 Å². The number of quaternary nitrogens is 1. The highest BCUT2D eigenvalue weighted by molar-refractivity contribution is 7.92. The third-order valence-electron chi connectivity index (χ3n) is 4.83. The number of nitrogens with zero attached hydrogens (tertiary/aromatic N) is 3. The van der Waals surface area contributed by atoms with Gasteiger partial charge in [-0.25, -0.2) is 8.42 Å². The van der Waals surface area contributed by atoms with Crippen molar-refractivity contribution in [2.45, 2.75) is 13.3 Å². The summed E-state index contributed by atoms with van der Waals surface area (Å²) in [5.41, 5.74) is 0.298. The van der Waals surface area contributed by atoms with Crippen LogP contribution in [-0.2, 0) is 14.8 Å². The standard InChI is InChI=1S/C17H28N4O4S.ClH/c1-15(22)18-16-7-4-5-8-17(16)20(23)26(24,25)14-6-11-21(3)12-9-19(2)10-13-21;/h4-5,7-8,23H,6,9-14H2,1-3H3;1H. The lowest BCUT2D eigenvalue weighted by Crippen LogP contribution is -3.00. The number of anilines is 2. The minimum absolute atomic E-state index is 0.